The topological polar surface area (TPSA) is 0 Å². The molecule has 1 aliphatic rings. The maximum absolute atomic E-state index is 3.98. The average molecular weight is 134 g/mol. The van der Waals surface area contributed by atoms with Crippen molar-refractivity contribution in [1.82, 2.24) is 0 Å². The van der Waals surface area contributed by atoms with E-state index in [2.05, 4.69) is 32.6 Å². The van der Waals surface area contributed by atoms with Crippen molar-refractivity contribution in [3.8, 4) is 0 Å². The number of hydrogen-bond acceptors (Lipinski definition) is 0. The van der Waals surface area contributed by atoms with Crippen LogP contribution >= 0.6 is 0 Å². The van der Waals surface area contributed by atoms with Crippen LogP contribution in [0.4, 0.5) is 0 Å². The molecule has 0 spiro atoms. The molecule has 1 aliphatic carbocycles. The zero-order valence-electron chi connectivity index (χ0n) is 6.78. The normalized spacial score (nSPS) is 18.4. The second kappa shape index (κ2) is 2.87. The highest BCUT2D eigenvalue weighted by molar-refractivity contribution is 5.39. The third-order valence-corrected chi connectivity index (χ3v) is 2.02. The van der Waals surface area contributed by atoms with Gasteiger partial charge in [0.05, 0.1) is 0 Å². The van der Waals surface area contributed by atoms with Crippen LogP contribution in [0.1, 0.15) is 26.7 Å². The lowest BCUT2D eigenvalue weighted by molar-refractivity contribution is 0.983. The largest absolute Gasteiger partial charge is 0.0952 e. The van der Waals surface area contributed by atoms with E-state index in [-0.39, 0.29) is 0 Å². The molecule has 0 aliphatic heterocycles. The highest BCUT2D eigenvalue weighted by Gasteiger charge is 2.03. The first-order valence-corrected chi connectivity index (χ1v) is 3.78. The Balaban J connectivity index is 2.78. The molecule has 0 heterocycles. The van der Waals surface area contributed by atoms with Gasteiger partial charge in [-0.3, -0.25) is 0 Å². The van der Waals surface area contributed by atoms with Gasteiger partial charge in [0.25, 0.3) is 0 Å². The Bertz CT molecular complexity index is 204. The van der Waals surface area contributed by atoms with Gasteiger partial charge in [-0.25, -0.2) is 0 Å². The Morgan fingerprint density at radius 3 is 2.70 bits per heavy atom. The van der Waals surface area contributed by atoms with Gasteiger partial charge in [0.1, 0.15) is 0 Å². The second-order valence-corrected chi connectivity index (χ2v) is 2.81. The van der Waals surface area contributed by atoms with Crippen molar-refractivity contribution in [3.63, 3.8) is 0 Å². The predicted molar refractivity (Wildman–Crippen MR) is 45.9 cm³/mol. The number of hydrogen-bond donors (Lipinski definition) is 0. The van der Waals surface area contributed by atoms with Crippen LogP contribution in [0.5, 0.6) is 0 Å². The van der Waals surface area contributed by atoms with Crippen LogP contribution in [0.15, 0.2) is 35.5 Å². The molecule has 0 radical (unpaired) electrons. The summed E-state index contributed by atoms with van der Waals surface area (Å²) in [7, 11) is 0. The first-order chi connectivity index (χ1) is 4.74. The standard InChI is InChI=1S/C10H14/c1-4-10-6-5-8(2)9(3)7-10/h5-6H,3-4,7H2,1-2H3. The summed E-state index contributed by atoms with van der Waals surface area (Å²) in [4.78, 5) is 0. The molecule has 0 atom stereocenters. The van der Waals surface area contributed by atoms with Crippen LogP contribution in [-0.4, -0.2) is 0 Å². The molecule has 0 heteroatoms. The van der Waals surface area contributed by atoms with E-state index in [1.165, 1.54) is 16.7 Å². The van der Waals surface area contributed by atoms with Crippen molar-refractivity contribution in [2.45, 2.75) is 26.7 Å². The molecule has 0 saturated heterocycles. The van der Waals surface area contributed by atoms with Crippen molar-refractivity contribution in [3.05, 3.63) is 35.5 Å². The number of rotatable bonds is 1. The molecule has 0 aromatic carbocycles. The molecule has 0 amide bonds. The van der Waals surface area contributed by atoms with Crippen molar-refractivity contribution >= 4 is 0 Å². The van der Waals surface area contributed by atoms with Gasteiger partial charge in [0.2, 0.25) is 0 Å². The summed E-state index contributed by atoms with van der Waals surface area (Å²) < 4.78 is 0. The lowest BCUT2D eigenvalue weighted by Gasteiger charge is -2.12. The Morgan fingerprint density at radius 1 is 1.50 bits per heavy atom. The highest BCUT2D eigenvalue weighted by atomic mass is 14.1. The zero-order chi connectivity index (χ0) is 7.56. The summed E-state index contributed by atoms with van der Waals surface area (Å²) in [5.74, 6) is 0. The van der Waals surface area contributed by atoms with E-state index < -0.39 is 0 Å². The van der Waals surface area contributed by atoms with E-state index in [1.807, 2.05) is 0 Å². The Labute approximate surface area is 62.9 Å². The van der Waals surface area contributed by atoms with Crippen LogP contribution in [0.25, 0.3) is 0 Å². The van der Waals surface area contributed by atoms with Gasteiger partial charge < -0.3 is 0 Å². The molecule has 0 bridgehead atoms. The molecular formula is C10H14. The van der Waals surface area contributed by atoms with Gasteiger partial charge in [-0.05, 0) is 30.9 Å². The van der Waals surface area contributed by atoms with Crippen molar-refractivity contribution < 1.29 is 0 Å². The fourth-order valence-electron chi connectivity index (χ4n) is 1.08. The quantitative estimate of drug-likeness (QED) is 0.516. The summed E-state index contributed by atoms with van der Waals surface area (Å²) in [6, 6.07) is 0. The van der Waals surface area contributed by atoms with Crippen LogP contribution in [0.2, 0.25) is 0 Å². The summed E-state index contributed by atoms with van der Waals surface area (Å²) >= 11 is 0. The van der Waals surface area contributed by atoms with Crippen LogP contribution in [-0.2, 0) is 0 Å². The SMILES string of the molecule is C=C1CC(CC)=CC=C1C. The maximum Gasteiger partial charge on any atom is -0.00673 e. The van der Waals surface area contributed by atoms with Gasteiger partial charge in [-0.15, -0.1) is 0 Å². The van der Waals surface area contributed by atoms with Crippen molar-refractivity contribution in [1.29, 1.82) is 0 Å². The molecule has 0 nitrogen and oxygen atoms in total. The van der Waals surface area contributed by atoms with Crippen molar-refractivity contribution in [2.24, 2.45) is 0 Å². The third kappa shape index (κ3) is 1.38. The van der Waals surface area contributed by atoms with Crippen LogP contribution in [0, 0.1) is 0 Å². The lowest BCUT2D eigenvalue weighted by atomic mass is 9.94. The molecule has 0 saturated carbocycles. The molecule has 0 aromatic heterocycles. The van der Waals surface area contributed by atoms with Crippen LogP contribution in [0.3, 0.4) is 0 Å². The molecule has 0 fully saturated rings. The van der Waals surface area contributed by atoms with E-state index in [9.17, 15) is 0 Å². The van der Waals surface area contributed by atoms with E-state index in [1.54, 1.807) is 0 Å². The zero-order valence-corrected chi connectivity index (χ0v) is 6.78. The van der Waals surface area contributed by atoms with E-state index in [0.717, 1.165) is 12.8 Å². The lowest BCUT2D eigenvalue weighted by Crippen LogP contribution is -1.92. The minimum absolute atomic E-state index is 1.08. The predicted octanol–water partition coefficient (Wildman–Crippen LogP) is 3.23. The van der Waals surface area contributed by atoms with E-state index >= 15 is 0 Å². The van der Waals surface area contributed by atoms with Gasteiger partial charge in [-0.1, -0.05) is 31.2 Å². The van der Waals surface area contributed by atoms with Gasteiger partial charge in [0.15, 0.2) is 0 Å². The molecule has 54 valence electrons. The third-order valence-electron chi connectivity index (χ3n) is 2.02. The monoisotopic (exact) mass is 134 g/mol. The molecule has 0 aromatic rings. The second-order valence-electron chi connectivity index (χ2n) is 2.81. The minimum atomic E-state index is 1.08. The summed E-state index contributed by atoms with van der Waals surface area (Å²) in [6.07, 6.45) is 6.61. The molecule has 0 N–H and O–H groups in total. The smallest absolute Gasteiger partial charge is 0.00673 e. The fraction of sp³-hybridized carbons (Fsp3) is 0.400. The summed E-state index contributed by atoms with van der Waals surface area (Å²) in [5, 5.41) is 0. The van der Waals surface area contributed by atoms with E-state index in [0.29, 0.717) is 0 Å². The first-order valence-electron chi connectivity index (χ1n) is 3.78. The Kier molecular flexibility index (Phi) is 2.10. The highest BCUT2D eigenvalue weighted by Crippen LogP contribution is 2.23. The minimum Gasteiger partial charge on any atom is -0.0952 e. The average Bonchev–Trinajstić information content (AvgIpc) is 1.95. The molecule has 10 heavy (non-hydrogen) atoms. The molecule has 0 unspecified atom stereocenters. The number of allylic oxidation sites excluding steroid dienone is 5. The van der Waals surface area contributed by atoms with Crippen molar-refractivity contribution in [2.75, 3.05) is 0 Å². The first kappa shape index (κ1) is 7.33. The maximum atomic E-state index is 3.98. The molecular weight excluding hydrogens is 120 g/mol. The summed E-state index contributed by atoms with van der Waals surface area (Å²) in [6.45, 7) is 8.29. The van der Waals surface area contributed by atoms with E-state index in [4.69, 9.17) is 0 Å². The Morgan fingerprint density at radius 2 is 2.20 bits per heavy atom. The Hall–Kier alpha value is -0.780. The fourth-order valence-corrected chi connectivity index (χ4v) is 1.08. The van der Waals surface area contributed by atoms with Crippen LogP contribution < -0.4 is 0 Å². The van der Waals surface area contributed by atoms with Gasteiger partial charge in [0, 0.05) is 0 Å². The summed E-state index contributed by atoms with van der Waals surface area (Å²) in [5.41, 5.74) is 4.10. The van der Waals surface area contributed by atoms with Gasteiger partial charge in [-0.2, -0.15) is 0 Å². The molecule has 1 rings (SSSR count). The van der Waals surface area contributed by atoms with Gasteiger partial charge >= 0.3 is 0 Å².